The summed E-state index contributed by atoms with van der Waals surface area (Å²) in [6.07, 6.45) is 10.1. The number of hydrogen-bond acceptors (Lipinski definition) is 7. The molecule has 2 saturated carbocycles. The summed E-state index contributed by atoms with van der Waals surface area (Å²) in [5.74, 6) is 6.34. The molecule has 4 aliphatic rings. The van der Waals surface area contributed by atoms with E-state index in [-0.39, 0.29) is 0 Å². The highest BCUT2D eigenvalue weighted by Crippen LogP contribution is 2.56. The van der Waals surface area contributed by atoms with E-state index in [9.17, 15) is 0 Å². The van der Waals surface area contributed by atoms with Crippen LogP contribution in [0.1, 0.15) is 55.1 Å². The summed E-state index contributed by atoms with van der Waals surface area (Å²) >= 11 is 0. The largest absolute Gasteiger partial charge is 0.263 e. The molecule has 2 unspecified atom stereocenters. The summed E-state index contributed by atoms with van der Waals surface area (Å²) in [6, 6.07) is 57.0. The van der Waals surface area contributed by atoms with Gasteiger partial charge in [-0.15, -0.1) is 0 Å². The molecule has 0 spiro atoms. The second kappa shape index (κ2) is 15.8. The van der Waals surface area contributed by atoms with Crippen molar-refractivity contribution in [3.8, 4) is 90.6 Å². The SMILES string of the molecule is c1ccc(-c2nc(-c3ccccc3)nc(-c3cncc(-c4ccc5c(c4)C4CC6CC(C4)CC(C6)c4cc(-c6nc(-c7ccccc7)nc(-c7ccccc7)n6)ccc4-5)c3)n2)cc1. The standard InChI is InChI=1S/C56H43N7/c1-5-13-37(14-6-1)51-58-52(38-15-7-2-8-16-38)61-55(60-51)42-22-24-48-47-23-21-41(31-49(47)43-26-35-25-36(27-43)29-44(28-35)50(48)32-42)45-30-46(34-57-33-45)56-62-53(39-17-9-3-10-18-39)59-54(63-56)40-19-11-4-12-20-40/h1-24,30-36,43-44H,25-29H2. The molecule has 2 fully saturated rings. The molecule has 7 heteroatoms. The van der Waals surface area contributed by atoms with Crippen LogP contribution >= 0.6 is 0 Å². The average molecular weight is 814 g/mol. The smallest absolute Gasteiger partial charge is 0.165 e. The number of hydrogen-bond donors (Lipinski definition) is 0. The minimum absolute atomic E-state index is 0.488. The van der Waals surface area contributed by atoms with E-state index in [0.717, 1.165) is 44.5 Å². The minimum Gasteiger partial charge on any atom is -0.263 e. The number of rotatable bonds is 7. The van der Waals surface area contributed by atoms with Gasteiger partial charge in [-0.1, -0.05) is 152 Å². The quantitative estimate of drug-likeness (QED) is 0.158. The Labute approximate surface area is 367 Å². The van der Waals surface area contributed by atoms with Gasteiger partial charge in [-0.25, -0.2) is 29.9 Å². The first kappa shape index (κ1) is 37.3. The summed E-state index contributed by atoms with van der Waals surface area (Å²) in [6.45, 7) is 0. The van der Waals surface area contributed by atoms with Gasteiger partial charge in [-0.05, 0) is 95.7 Å². The summed E-state index contributed by atoms with van der Waals surface area (Å²) in [5.41, 5.74) is 13.5. The fraction of sp³-hybridized carbons (Fsp3) is 0.161. The van der Waals surface area contributed by atoms with Gasteiger partial charge in [0.15, 0.2) is 34.9 Å². The lowest BCUT2D eigenvalue weighted by Gasteiger charge is -2.42. The van der Waals surface area contributed by atoms with E-state index in [1.54, 1.807) is 0 Å². The summed E-state index contributed by atoms with van der Waals surface area (Å²) in [4.78, 5) is 35.0. The zero-order valence-electron chi connectivity index (χ0n) is 34.7. The Bertz CT molecular complexity index is 2990. The van der Waals surface area contributed by atoms with Gasteiger partial charge >= 0.3 is 0 Å². The molecule has 6 aromatic carbocycles. The Morgan fingerprint density at radius 1 is 0.286 bits per heavy atom. The molecule has 9 aromatic rings. The average Bonchev–Trinajstić information content (AvgIpc) is 3.42. The fourth-order valence-corrected chi connectivity index (χ4v) is 10.6. The van der Waals surface area contributed by atoms with Crippen molar-refractivity contribution in [3.63, 3.8) is 0 Å². The monoisotopic (exact) mass is 813 g/mol. The number of pyridine rings is 1. The lowest BCUT2D eigenvalue weighted by Crippen LogP contribution is -2.29. The summed E-state index contributed by atoms with van der Waals surface area (Å²) < 4.78 is 0. The Kier molecular flexibility index (Phi) is 9.32. The van der Waals surface area contributed by atoms with E-state index in [0.29, 0.717) is 58.6 Å². The highest BCUT2D eigenvalue weighted by atomic mass is 15.0. The van der Waals surface area contributed by atoms with E-state index in [1.165, 1.54) is 54.4 Å². The van der Waals surface area contributed by atoms with Gasteiger partial charge in [0.2, 0.25) is 0 Å². The minimum atomic E-state index is 0.488. The first-order valence-electron chi connectivity index (χ1n) is 22.1. The van der Waals surface area contributed by atoms with Gasteiger partial charge in [0.1, 0.15) is 0 Å². The lowest BCUT2D eigenvalue weighted by molar-refractivity contribution is 0.153. The maximum atomic E-state index is 5.13. The van der Waals surface area contributed by atoms with E-state index in [4.69, 9.17) is 34.9 Å². The molecular weight excluding hydrogens is 771 g/mol. The Morgan fingerprint density at radius 3 is 1.06 bits per heavy atom. The molecule has 0 N–H and O–H groups in total. The van der Waals surface area contributed by atoms with Crippen LogP contribution in [-0.4, -0.2) is 34.9 Å². The van der Waals surface area contributed by atoms with Gasteiger partial charge in [0.05, 0.1) is 0 Å². The van der Waals surface area contributed by atoms with E-state index >= 15 is 0 Å². The van der Waals surface area contributed by atoms with Crippen molar-refractivity contribution in [2.45, 2.75) is 43.9 Å². The second-order valence-electron chi connectivity index (χ2n) is 17.4. The van der Waals surface area contributed by atoms with E-state index in [1.807, 2.05) is 109 Å². The molecule has 7 nitrogen and oxygen atoms in total. The Morgan fingerprint density at radius 2 is 0.635 bits per heavy atom. The van der Waals surface area contributed by atoms with Crippen LogP contribution in [0.2, 0.25) is 0 Å². The van der Waals surface area contributed by atoms with Crippen molar-refractivity contribution < 1.29 is 0 Å². The van der Waals surface area contributed by atoms with Gasteiger partial charge in [0.25, 0.3) is 0 Å². The summed E-state index contributed by atoms with van der Waals surface area (Å²) in [7, 11) is 0. The fourth-order valence-electron chi connectivity index (χ4n) is 10.6. The van der Waals surface area contributed by atoms with Gasteiger partial charge in [-0.2, -0.15) is 0 Å². The summed E-state index contributed by atoms with van der Waals surface area (Å²) in [5, 5.41) is 0. The molecular formula is C56H43N7. The maximum Gasteiger partial charge on any atom is 0.165 e. The van der Waals surface area contributed by atoms with Crippen LogP contribution in [0.3, 0.4) is 0 Å². The van der Waals surface area contributed by atoms with Crippen molar-refractivity contribution in [3.05, 3.63) is 187 Å². The first-order valence-corrected chi connectivity index (χ1v) is 22.1. The molecule has 2 atom stereocenters. The van der Waals surface area contributed by atoms with E-state index in [2.05, 4.69) is 66.7 Å². The third-order valence-electron chi connectivity index (χ3n) is 13.4. The van der Waals surface area contributed by atoms with Gasteiger partial charge in [-0.3, -0.25) is 4.98 Å². The zero-order chi connectivity index (χ0) is 41.7. The number of nitrogens with zero attached hydrogens (tertiary/aromatic N) is 7. The van der Waals surface area contributed by atoms with Crippen molar-refractivity contribution >= 4 is 0 Å². The molecule has 4 bridgehead atoms. The van der Waals surface area contributed by atoms with E-state index < -0.39 is 0 Å². The normalized spacial score (nSPS) is 18.5. The molecule has 3 heterocycles. The van der Waals surface area contributed by atoms with Crippen LogP contribution in [0.25, 0.3) is 90.6 Å². The second-order valence-corrected chi connectivity index (χ2v) is 17.4. The topological polar surface area (TPSA) is 90.2 Å². The molecule has 0 radical (unpaired) electrons. The zero-order valence-corrected chi connectivity index (χ0v) is 34.7. The van der Waals surface area contributed by atoms with Crippen molar-refractivity contribution in [2.24, 2.45) is 11.8 Å². The maximum absolute atomic E-state index is 5.13. The molecule has 4 aliphatic carbocycles. The van der Waals surface area contributed by atoms with Crippen LogP contribution in [0.5, 0.6) is 0 Å². The number of benzene rings is 6. The van der Waals surface area contributed by atoms with Crippen LogP contribution in [-0.2, 0) is 0 Å². The van der Waals surface area contributed by atoms with Crippen molar-refractivity contribution in [1.82, 2.24) is 34.9 Å². The molecule has 0 saturated heterocycles. The molecule has 0 aliphatic heterocycles. The van der Waals surface area contributed by atoms with Crippen LogP contribution < -0.4 is 0 Å². The van der Waals surface area contributed by atoms with Crippen LogP contribution in [0.4, 0.5) is 0 Å². The predicted molar refractivity (Wildman–Crippen MR) is 250 cm³/mol. The van der Waals surface area contributed by atoms with Gasteiger partial charge in [0, 0.05) is 51.3 Å². The third-order valence-corrected chi connectivity index (χ3v) is 13.4. The van der Waals surface area contributed by atoms with Gasteiger partial charge < -0.3 is 0 Å². The predicted octanol–water partition coefficient (Wildman–Crippen LogP) is 13.2. The lowest BCUT2D eigenvalue weighted by atomic mass is 9.63. The van der Waals surface area contributed by atoms with Crippen molar-refractivity contribution in [2.75, 3.05) is 0 Å². The van der Waals surface area contributed by atoms with Crippen LogP contribution in [0.15, 0.2) is 176 Å². The molecule has 63 heavy (non-hydrogen) atoms. The van der Waals surface area contributed by atoms with Crippen LogP contribution in [0, 0.1) is 11.8 Å². The molecule has 302 valence electrons. The van der Waals surface area contributed by atoms with Crippen molar-refractivity contribution in [1.29, 1.82) is 0 Å². The third kappa shape index (κ3) is 7.19. The number of aromatic nitrogens is 7. The molecule has 13 rings (SSSR count). The molecule has 0 amide bonds. The Balaban J connectivity index is 0.960. The highest BCUT2D eigenvalue weighted by molar-refractivity contribution is 5.80. The molecule has 3 aromatic heterocycles. The Hall–Kier alpha value is -7.51. The first-order chi connectivity index (χ1) is 31.1. The highest BCUT2D eigenvalue weighted by Gasteiger charge is 2.40.